The first-order valence-corrected chi connectivity index (χ1v) is 13.8. The fourth-order valence-electron chi connectivity index (χ4n) is 5.17. The van der Waals surface area contributed by atoms with Gasteiger partial charge in [-0.25, -0.2) is 4.98 Å². The first-order chi connectivity index (χ1) is 18.8. The van der Waals surface area contributed by atoms with Crippen molar-refractivity contribution in [1.29, 1.82) is 0 Å². The highest BCUT2D eigenvalue weighted by atomic mass is 35.5. The molecule has 206 valence electrons. The predicted octanol–water partition coefficient (Wildman–Crippen LogP) is 5.46. The smallest absolute Gasteiger partial charge is 0.229 e. The molecule has 1 aromatic heterocycles. The molecule has 3 heterocycles. The van der Waals surface area contributed by atoms with E-state index in [0.29, 0.717) is 29.0 Å². The molecule has 2 aromatic carbocycles. The van der Waals surface area contributed by atoms with Crippen LogP contribution < -0.4 is 25.2 Å². The zero-order chi connectivity index (χ0) is 27.5. The van der Waals surface area contributed by atoms with Gasteiger partial charge >= 0.3 is 0 Å². The Balaban J connectivity index is 1.35. The number of nitrogens with zero attached hydrogens (tertiary/aromatic N) is 5. The van der Waals surface area contributed by atoms with E-state index in [9.17, 15) is 4.79 Å². The molecule has 0 atom stereocenters. The van der Waals surface area contributed by atoms with Gasteiger partial charge in [0.2, 0.25) is 11.9 Å². The highest BCUT2D eigenvalue weighted by Crippen LogP contribution is 2.35. The van der Waals surface area contributed by atoms with Crippen LogP contribution in [-0.2, 0) is 11.2 Å². The van der Waals surface area contributed by atoms with Gasteiger partial charge < -0.3 is 30.1 Å². The number of carbonyl (C=O) groups is 1. The molecule has 10 heteroatoms. The number of likely N-dealkylation sites (N-methyl/N-ethyl adjacent to an activating group) is 1. The number of anilines is 6. The molecule has 0 saturated carbocycles. The van der Waals surface area contributed by atoms with Crippen molar-refractivity contribution in [1.82, 2.24) is 14.9 Å². The van der Waals surface area contributed by atoms with Crippen molar-refractivity contribution in [2.24, 2.45) is 0 Å². The first kappa shape index (κ1) is 27.0. The molecule has 0 unspecified atom stereocenters. The van der Waals surface area contributed by atoms with Gasteiger partial charge in [-0.15, -0.1) is 0 Å². The number of benzene rings is 2. The normalized spacial score (nSPS) is 16.2. The zero-order valence-corrected chi connectivity index (χ0v) is 23.8. The number of carbonyl (C=O) groups excluding carboxylic acids is 1. The van der Waals surface area contributed by atoms with Crippen LogP contribution in [0.3, 0.4) is 0 Å². The number of ether oxygens (including phenoxy) is 1. The van der Waals surface area contributed by atoms with E-state index in [1.807, 2.05) is 43.0 Å². The number of rotatable bonds is 7. The SMILES string of the molecule is COc1cc(N2CCN(C)CC2)ccc1Nc1nc(Nc2ccc3c(c2)CCCC(=O)N3C(C)C)ncc1Cl. The topological polar surface area (TPSA) is 85.9 Å². The molecule has 2 aliphatic heterocycles. The van der Waals surface area contributed by atoms with E-state index in [-0.39, 0.29) is 11.9 Å². The van der Waals surface area contributed by atoms with Crippen LogP contribution in [0.1, 0.15) is 32.3 Å². The monoisotopic (exact) mass is 549 g/mol. The van der Waals surface area contributed by atoms with Gasteiger partial charge in [0.25, 0.3) is 0 Å². The zero-order valence-electron chi connectivity index (χ0n) is 23.0. The van der Waals surface area contributed by atoms with Crippen LogP contribution in [0, 0.1) is 0 Å². The largest absolute Gasteiger partial charge is 0.494 e. The lowest BCUT2D eigenvalue weighted by Gasteiger charge is -2.34. The second-order valence-electron chi connectivity index (χ2n) is 10.4. The summed E-state index contributed by atoms with van der Waals surface area (Å²) in [5.74, 6) is 1.78. The molecule has 0 radical (unpaired) electrons. The van der Waals surface area contributed by atoms with Crippen LogP contribution in [0.25, 0.3) is 0 Å². The van der Waals surface area contributed by atoms with Crippen LogP contribution in [0.15, 0.2) is 42.6 Å². The number of hydrogen-bond acceptors (Lipinski definition) is 8. The number of nitrogens with one attached hydrogen (secondary N) is 2. The molecule has 0 aliphatic carbocycles. The Morgan fingerprint density at radius 2 is 1.82 bits per heavy atom. The van der Waals surface area contributed by atoms with E-state index in [1.165, 1.54) is 0 Å². The minimum absolute atomic E-state index is 0.106. The van der Waals surface area contributed by atoms with Gasteiger partial charge in [0.15, 0.2) is 5.82 Å². The number of hydrogen-bond donors (Lipinski definition) is 2. The average Bonchev–Trinajstić information content (AvgIpc) is 3.09. The van der Waals surface area contributed by atoms with Crippen molar-refractivity contribution in [3.63, 3.8) is 0 Å². The van der Waals surface area contributed by atoms with Crippen LogP contribution >= 0.6 is 11.6 Å². The number of methoxy groups -OCH3 is 1. The minimum atomic E-state index is 0.106. The van der Waals surface area contributed by atoms with Gasteiger partial charge in [0, 0.05) is 61.8 Å². The molecule has 5 rings (SSSR count). The molecule has 2 aliphatic rings. The lowest BCUT2D eigenvalue weighted by molar-refractivity contribution is -0.118. The Kier molecular flexibility index (Phi) is 8.09. The number of fused-ring (bicyclic) bond motifs is 1. The van der Waals surface area contributed by atoms with E-state index in [2.05, 4.69) is 49.6 Å². The molecule has 0 spiro atoms. The number of halogens is 1. The maximum atomic E-state index is 12.6. The molecule has 39 heavy (non-hydrogen) atoms. The van der Waals surface area contributed by atoms with Crippen LogP contribution in [0.4, 0.5) is 34.5 Å². The molecule has 1 saturated heterocycles. The van der Waals surface area contributed by atoms with Crippen molar-refractivity contribution in [3.8, 4) is 5.75 Å². The van der Waals surface area contributed by atoms with E-state index < -0.39 is 0 Å². The number of amides is 1. The summed E-state index contributed by atoms with van der Waals surface area (Å²) < 4.78 is 5.70. The number of aryl methyl sites for hydroxylation is 1. The van der Waals surface area contributed by atoms with Gasteiger partial charge in [-0.05, 0) is 69.6 Å². The van der Waals surface area contributed by atoms with E-state index in [4.69, 9.17) is 16.3 Å². The number of aromatic nitrogens is 2. The molecule has 0 bridgehead atoms. The third kappa shape index (κ3) is 6.04. The second-order valence-corrected chi connectivity index (χ2v) is 10.8. The Morgan fingerprint density at radius 3 is 2.56 bits per heavy atom. The maximum absolute atomic E-state index is 12.6. The first-order valence-electron chi connectivity index (χ1n) is 13.5. The standard InChI is InChI=1S/C29H36ClN7O2/c1-19(2)37-25-11-8-21(16-20(25)6-5-7-27(37)38)32-29-31-18-23(30)28(34-29)33-24-10-9-22(17-26(24)39-4)36-14-12-35(3)13-15-36/h8-11,16-19H,5-7,12-15H2,1-4H3,(H2,31,32,33,34). The highest BCUT2D eigenvalue weighted by molar-refractivity contribution is 6.33. The molecule has 3 aromatic rings. The van der Waals surface area contributed by atoms with Crippen molar-refractivity contribution < 1.29 is 9.53 Å². The molecular formula is C29H36ClN7O2. The Labute approximate surface area is 235 Å². The fourth-order valence-corrected chi connectivity index (χ4v) is 5.30. The summed E-state index contributed by atoms with van der Waals surface area (Å²) in [6, 6.07) is 12.3. The fraction of sp³-hybridized carbons (Fsp3) is 0.414. The Morgan fingerprint density at radius 1 is 1.03 bits per heavy atom. The lowest BCUT2D eigenvalue weighted by atomic mass is 10.1. The second kappa shape index (κ2) is 11.7. The Hall–Kier alpha value is -3.56. The molecule has 2 N–H and O–H groups in total. The summed E-state index contributed by atoms with van der Waals surface area (Å²) >= 11 is 6.48. The van der Waals surface area contributed by atoms with Gasteiger partial charge in [-0.2, -0.15) is 4.98 Å². The average molecular weight is 550 g/mol. The van der Waals surface area contributed by atoms with Crippen molar-refractivity contribution in [2.75, 3.05) is 60.8 Å². The summed E-state index contributed by atoms with van der Waals surface area (Å²) in [6.07, 6.45) is 3.81. The van der Waals surface area contributed by atoms with Crippen molar-refractivity contribution in [2.45, 2.75) is 39.2 Å². The van der Waals surface area contributed by atoms with Crippen LogP contribution in [-0.4, -0.2) is 67.2 Å². The molecular weight excluding hydrogens is 514 g/mol. The quantitative estimate of drug-likeness (QED) is 0.402. The van der Waals surface area contributed by atoms with E-state index in [0.717, 1.165) is 67.3 Å². The summed E-state index contributed by atoms with van der Waals surface area (Å²) in [4.78, 5) is 28.3. The van der Waals surface area contributed by atoms with Crippen LogP contribution in [0.2, 0.25) is 5.02 Å². The molecule has 1 fully saturated rings. The Bertz CT molecular complexity index is 1340. The van der Waals surface area contributed by atoms with Crippen LogP contribution in [0.5, 0.6) is 5.75 Å². The summed E-state index contributed by atoms with van der Waals surface area (Å²) in [5, 5.41) is 7.02. The highest BCUT2D eigenvalue weighted by Gasteiger charge is 2.24. The summed E-state index contributed by atoms with van der Waals surface area (Å²) in [6.45, 7) is 8.12. The van der Waals surface area contributed by atoms with E-state index >= 15 is 0 Å². The van der Waals surface area contributed by atoms with Gasteiger partial charge in [0.05, 0.1) is 19.0 Å². The van der Waals surface area contributed by atoms with Crippen molar-refractivity contribution in [3.05, 3.63) is 53.2 Å². The van der Waals surface area contributed by atoms with Gasteiger partial charge in [-0.3, -0.25) is 4.79 Å². The molecule has 1 amide bonds. The van der Waals surface area contributed by atoms with E-state index in [1.54, 1.807) is 13.3 Å². The lowest BCUT2D eigenvalue weighted by Crippen LogP contribution is -2.44. The minimum Gasteiger partial charge on any atom is -0.494 e. The third-order valence-corrected chi connectivity index (χ3v) is 7.54. The predicted molar refractivity (Wildman–Crippen MR) is 158 cm³/mol. The summed E-state index contributed by atoms with van der Waals surface area (Å²) in [7, 11) is 3.81. The maximum Gasteiger partial charge on any atom is 0.229 e. The van der Waals surface area contributed by atoms with Gasteiger partial charge in [-0.1, -0.05) is 11.6 Å². The molecule has 9 nitrogen and oxygen atoms in total. The van der Waals surface area contributed by atoms with Gasteiger partial charge in [0.1, 0.15) is 10.8 Å². The van der Waals surface area contributed by atoms with Crippen molar-refractivity contribution >= 4 is 52.0 Å². The summed E-state index contributed by atoms with van der Waals surface area (Å²) in [5.41, 5.74) is 4.86. The third-order valence-electron chi connectivity index (χ3n) is 7.27. The number of piperazine rings is 1.